The number of ether oxygens (including phenoxy) is 1. The molecule has 0 aliphatic rings. The van der Waals surface area contributed by atoms with Crippen molar-refractivity contribution in [3.05, 3.63) is 29.6 Å². The fourth-order valence-electron chi connectivity index (χ4n) is 1.52. The number of nitrogens with zero attached hydrogens (tertiary/aromatic N) is 1. The van der Waals surface area contributed by atoms with Gasteiger partial charge in [0.25, 0.3) is 0 Å². The van der Waals surface area contributed by atoms with Crippen LogP contribution in [0.3, 0.4) is 0 Å². The summed E-state index contributed by atoms with van der Waals surface area (Å²) in [6.07, 6.45) is 0. The molecule has 0 spiro atoms. The molecule has 1 N–H and O–H groups in total. The van der Waals surface area contributed by atoms with Crippen LogP contribution in [0.1, 0.15) is 5.56 Å². The van der Waals surface area contributed by atoms with Crippen LogP contribution in [0.5, 0.6) is 0 Å². The Morgan fingerprint density at radius 3 is 2.79 bits per heavy atom. The van der Waals surface area contributed by atoms with E-state index < -0.39 is 0 Å². The monoisotopic (exact) mass is 286 g/mol. The SMILES string of the molecule is COCCNCc1ccc(SCCN(C)C)c(F)c1. The van der Waals surface area contributed by atoms with Crippen LogP contribution >= 0.6 is 11.8 Å². The zero-order chi connectivity index (χ0) is 14.1. The molecule has 0 radical (unpaired) electrons. The predicted molar refractivity (Wildman–Crippen MR) is 79.3 cm³/mol. The van der Waals surface area contributed by atoms with E-state index in [0.717, 1.165) is 29.3 Å². The fourth-order valence-corrected chi connectivity index (χ4v) is 2.55. The van der Waals surface area contributed by atoms with Crippen LogP contribution in [0, 0.1) is 5.82 Å². The second-order valence-corrected chi connectivity index (χ2v) is 5.72. The average molecular weight is 286 g/mol. The van der Waals surface area contributed by atoms with E-state index in [1.54, 1.807) is 24.9 Å². The van der Waals surface area contributed by atoms with Crippen molar-refractivity contribution in [1.29, 1.82) is 0 Å². The second-order valence-electron chi connectivity index (χ2n) is 4.59. The lowest BCUT2D eigenvalue weighted by molar-refractivity contribution is 0.199. The molecule has 0 unspecified atom stereocenters. The van der Waals surface area contributed by atoms with Crippen LogP contribution in [-0.4, -0.2) is 51.6 Å². The first-order chi connectivity index (χ1) is 9.13. The van der Waals surface area contributed by atoms with Crippen molar-refractivity contribution in [2.45, 2.75) is 11.4 Å². The topological polar surface area (TPSA) is 24.5 Å². The van der Waals surface area contributed by atoms with Gasteiger partial charge in [0.2, 0.25) is 0 Å². The van der Waals surface area contributed by atoms with Crippen molar-refractivity contribution in [3.8, 4) is 0 Å². The highest BCUT2D eigenvalue weighted by molar-refractivity contribution is 7.99. The molecule has 1 aromatic carbocycles. The smallest absolute Gasteiger partial charge is 0.137 e. The van der Waals surface area contributed by atoms with E-state index >= 15 is 0 Å². The summed E-state index contributed by atoms with van der Waals surface area (Å²) in [5.74, 6) is 0.768. The Labute approximate surface area is 119 Å². The Hall–Kier alpha value is -0.620. The zero-order valence-corrected chi connectivity index (χ0v) is 12.7. The molecule has 0 saturated heterocycles. The van der Waals surface area contributed by atoms with Gasteiger partial charge in [-0.3, -0.25) is 0 Å². The molecular formula is C14H23FN2OS. The number of thioether (sulfide) groups is 1. The maximum atomic E-state index is 13.9. The van der Waals surface area contributed by atoms with Gasteiger partial charge >= 0.3 is 0 Å². The van der Waals surface area contributed by atoms with E-state index in [2.05, 4.69) is 10.2 Å². The molecule has 108 valence electrons. The molecule has 0 amide bonds. The number of hydrogen-bond acceptors (Lipinski definition) is 4. The second kappa shape index (κ2) is 9.31. The summed E-state index contributed by atoms with van der Waals surface area (Å²) in [5.41, 5.74) is 0.963. The van der Waals surface area contributed by atoms with Crippen LogP contribution in [0.4, 0.5) is 4.39 Å². The van der Waals surface area contributed by atoms with Gasteiger partial charge in [0.1, 0.15) is 5.82 Å². The molecule has 5 heteroatoms. The molecule has 0 aliphatic heterocycles. The third-order valence-electron chi connectivity index (χ3n) is 2.60. The van der Waals surface area contributed by atoms with Crippen LogP contribution in [0.25, 0.3) is 0 Å². The van der Waals surface area contributed by atoms with Gasteiger partial charge in [-0.05, 0) is 31.8 Å². The molecule has 0 atom stereocenters. The first-order valence-electron chi connectivity index (χ1n) is 6.39. The summed E-state index contributed by atoms with van der Waals surface area (Å²) < 4.78 is 18.8. The summed E-state index contributed by atoms with van der Waals surface area (Å²) in [5, 5.41) is 3.20. The van der Waals surface area contributed by atoms with Crippen molar-refractivity contribution in [3.63, 3.8) is 0 Å². The summed E-state index contributed by atoms with van der Waals surface area (Å²) in [7, 11) is 5.71. The van der Waals surface area contributed by atoms with E-state index in [1.165, 1.54) is 0 Å². The lowest BCUT2D eigenvalue weighted by Crippen LogP contribution is -2.18. The van der Waals surface area contributed by atoms with Crippen molar-refractivity contribution >= 4 is 11.8 Å². The van der Waals surface area contributed by atoms with Crippen molar-refractivity contribution in [2.24, 2.45) is 0 Å². The number of benzene rings is 1. The maximum Gasteiger partial charge on any atom is 0.137 e. The molecule has 0 aliphatic carbocycles. The van der Waals surface area contributed by atoms with Gasteiger partial charge in [-0.25, -0.2) is 4.39 Å². The van der Waals surface area contributed by atoms with Gasteiger partial charge in [0, 0.05) is 37.4 Å². The van der Waals surface area contributed by atoms with Gasteiger partial charge in [-0.15, -0.1) is 11.8 Å². The summed E-state index contributed by atoms with van der Waals surface area (Å²) in [6.45, 7) is 3.06. The van der Waals surface area contributed by atoms with Crippen LogP contribution in [-0.2, 0) is 11.3 Å². The number of halogens is 1. The van der Waals surface area contributed by atoms with Crippen molar-refractivity contribution < 1.29 is 9.13 Å². The maximum absolute atomic E-state index is 13.9. The number of rotatable bonds is 9. The Morgan fingerprint density at radius 1 is 1.37 bits per heavy atom. The highest BCUT2D eigenvalue weighted by atomic mass is 32.2. The normalized spacial score (nSPS) is 11.2. The van der Waals surface area contributed by atoms with Crippen molar-refractivity contribution in [1.82, 2.24) is 10.2 Å². The quantitative estimate of drug-likeness (QED) is 0.556. The summed E-state index contributed by atoms with van der Waals surface area (Å²) in [4.78, 5) is 2.82. The van der Waals surface area contributed by atoms with E-state index in [0.29, 0.717) is 13.2 Å². The van der Waals surface area contributed by atoms with Crippen LogP contribution in [0.2, 0.25) is 0 Å². The minimum Gasteiger partial charge on any atom is -0.383 e. The van der Waals surface area contributed by atoms with Crippen molar-refractivity contribution in [2.75, 3.05) is 46.7 Å². The van der Waals surface area contributed by atoms with Gasteiger partial charge in [0.05, 0.1) is 6.61 Å². The molecule has 0 bridgehead atoms. The lowest BCUT2D eigenvalue weighted by atomic mass is 10.2. The van der Waals surface area contributed by atoms with E-state index in [1.807, 2.05) is 26.2 Å². The minimum atomic E-state index is -0.130. The summed E-state index contributed by atoms with van der Waals surface area (Å²) >= 11 is 1.56. The average Bonchev–Trinajstić information content (AvgIpc) is 2.37. The van der Waals surface area contributed by atoms with E-state index in [-0.39, 0.29) is 5.82 Å². The highest BCUT2D eigenvalue weighted by Gasteiger charge is 2.04. The third-order valence-corrected chi connectivity index (χ3v) is 3.63. The standard InChI is InChI=1S/C14H23FN2OS/c1-17(2)7-9-19-14-5-4-12(10-13(14)15)11-16-6-8-18-3/h4-5,10,16H,6-9,11H2,1-3H3. The van der Waals surface area contributed by atoms with Crippen LogP contribution < -0.4 is 5.32 Å². The summed E-state index contributed by atoms with van der Waals surface area (Å²) in [6, 6.07) is 5.45. The van der Waals surface area contributed by atoms with Gasteiger partial charge in [-0.1, -0.05) is 6.07 Å². The zero-order valence-electron chi connectivity index (χ0n) is 11.9. The molecular weight excluding hydrogens is 263 g/mol. The first-order valence-corrected chi connectivity index (χ1v) is 7.37. The molecule has 3 nitrogen and oxygen atoms in total. The van der Waals surface area contributed by atoms with E-state index in [9.17, 15) is 4.39 Å². The predicted octanol–water partition coefficient (Wildman–Crippen LogP) is 2.22. The highest BCUT2D eigenvalue weighted by Crippen LogP contribution is 2.22. The van der Waals surface area contributed by atoms with Crippen LogP contribution in [0.15, 0.2) is 23.1 Å². The first kappa shape index (κ1) is 16.4. The Kier molecular flexibility index (Phi) is 8.05. The lowest BCUT2D eigenvalue weighted by Gasteiger charge is -2.10. The molecule has 0 heterocycles. The van der Waals surface area contributed by atoms with Gasteiger partial charge in [0.15, 0.2) is 0 Å². The van der Waals surface area contributed by atoms with E-state index in [4.69, 9.17) is 4.74 Å². The Balaban J connectivity index is 2.40. The Bertz CT molecular complexity index is 374. The molecule has 0 fully saturated rings. The molecule has 1 aromatic rings. The third kappa shape index (κ3) is 6.92. The number of methoxy groups -OCH3 is 1. The fraction of sp³-hybridized carbons (Fsp3) is 0.571. The van der Waals surface area contributed by atoms with Gasteiger partial charge in [-0.2, -0.15) is 0 Å². The number of hydrogen-bond donors (Lipinski definition) is 1. The minimum absolute atomic E-state index is 0.130. The largest absolute Gasteiger partial charge is 0.383 e. The molecule has 19 heavy (non-hydrogen) atoms. The molecule has 0 saturated carbocycles. The Morgan fingerprint density at radius 2 is 2.16 bits per heavy atom. The molecule has 1 rings (SSSR count). The molecule has 0 aromatic heterocycles. The number of nitrogens with one attached hydrogen (secondary N) is 1. The van der Waals surface area contributed by atoms with Gasteiger partial charge < -0.3 is 15.0 Å².